The molecular formula is C17H31NO4. The van der Waals surface area contributed by atoms with Crippen molar-refractivity contribution in [3.63, 3.8) is 0 Å². The number of likely N-dealkylation sites (tertiary alicyclic amines) is 1. The molecule has 0 amide bonds. The first-order valence-corrected chi connectivity index (χ1v) is 8.75. The van der Waals surface area contributed by atoms with Crippen molar-refractivity contribution in [2.75, 3.05) is 19.6 Å². The van der Waals surface area contributed by atoms with Gasteiger partial charge >= 0.3 is 11.9 Å². The second-order valence-electron chi connectivity index (χ2n) is 6.14. The molecule has 0 aromatic rings. The number of ether oxygens (including phenoxy) is 1. The second-order valence-corrected chi connectivity index (χ2v) is 6.14. The fourth-order valence-corrected chi connectivity index (χ4v) is 2.84. The van der Waals surface area contributed by atoms with Crippen LogP contribution in [0.5, 0.6) is 0 Å². The zero-order chi connectivity index (χ0) is 16.2. The van der Waals surface area contributed by atoms with E-state index in [1.54, 1.807) is 0 Å². The average molecular weight is 313 g/mol. The van der Waals surface area contributed by atoms with Crippen molar-refractivity contribution >= 4 is 11.9 Å². The van der Waals surface area contributed by atoms with Crippen molar-refractivity contribution in [3.8, 4) is 0 Å². The van der Waals surface area contributed by atoms with Gasteiger partial charge in [-0.05, 0) is 32.2 Å². The standard InChI is InChI=1S/C17H31NO4/c1-2-18-13-11-15(12-14-18)22-17(21)10-8-6-4-3-5-7-9-16(19)20/h15H,2-14H2,1H3,(H,19,20). The highest BCUT2D eigenvalue weighted by Gasteiger charge is 2.20. The lowest BCUT2D eigenvalue weighted by Crippen LogP contribution is -2.37. The van der Waals surface area contributed by atoms with Gasteiger partial charge in [0.05, 0.1) is 0 Å². The number of esters is 1. The minimum absolute atomic E-state index is 0.0548. The van der Waals surface area contributed by atoms with E-state index in [1.807, 2.05) is 0 Å². The summed E-state index contributed by atoms with van der Waals surface area (Å²) in [4.78, 5) is 24.5. The molecule has 0 atom stereocenters. The molecule has 0 bridgehead atoms. The summed E-state index contributed by atoms with van der Waals surface area (Å²) >= 11 is 0. The van der Waals surface area contributed by atoms with Crippen LogP contribution in [-0.2, 0) is 14.3 Å². The average Bonchev–Trinajstić information content (AvgIpc) is 2.50. The van der Waals surface area contributed by atoms with Gasteiger partial charge in [-0.2, -0.15) is 0 Å². The number of piperidine rings is 1. The molecule has 0 aliphatic carbocycles. The molecule has 5 heteroatoms. The summed E-state index contributed by atoms with van der Waals surface area (Å²) < 4.78 is 5.52. The number of carbonyl (C=O) groups is 2. The minimum Gasteiger partial charge on any atom is -0.481 e. The fourth-order valence-electron chi connectivity index (χ4n) is 2.84. The van der Waals surface area contributed by atoms with Crippen molar-refractivity contribution in [1.29, 1.82) is 0 Å². The lowest BCUT2D eigenvalue weighted by Gasteiger charge is -2.30. The minimum atomic E-state index is -0.715. The molecule has 1 heterocycles. The molecule has 0 saturated carbocycles. The number of hydrogen-bond donors (Lipinski definition) is 1. The summed E-state index contributed by atoms with van der Waals surface area (Å²) in [5, 5.41) is 8.52. The molecule has 128 valence electrons. The fraction of sp³-hybridized carbons (Fsp3) is 0.882. The van der Waals surface area contributed by atoms with Crippen LogP contribution in [0.3, 0.4) is 0 Å². The summed E-state index contributed by atoms with van der Waals surface area (Å²) in [5.41, 5.74) is 0. The number of unbranched alkanes of at least 4 members (excludes halogenated alkanes) is 5. The molecule has 0 aromatic carbocycles. The first kappa shape index (κ1) is 18.9. The first-order chi connectivity index (χ1) is 10.6. The van der Waals surface area contributed by atoms with E-state index in [2.05, 4.69) is 11.8 Å². The molecule has 1 aliphatic rings. The summed E-state index contributed by atoms with van der Waals surface area (Å²) in [7, 11) is 0. The van der Waals surface area contributed by atoms with Crippen LogP contribution in [0.25, 0.3) is 0 Å². The van der Waals surface area contributed by atoms with Gasteiger partial charge in [0.1, 0.15) is 6.10 Å². The van der Waals surface area contributed by atoms with Gasteiger partial charge in [0.2, 0.25) is 0 Å². The van der Waals surface area contributed by atoms with E-state index in [4.69, 9.17) is 9.84 Å². The van der Waals surface area contributed by atoms with Crippen LogP contribution in [0.1, 0.15) is 71.1 Å². The van der Waals surface area contributed by atoms with Gasteiger partial charge in [-0.25, -0.2) is 0 Å². The first-order valence-electron chi connectivity index (χ1n) is 8.75. The largest absolute Gasteiger partial charge is 0.481 e. The third-order valence-corrected chi connectivity index (χ3v) is 4.30. The van der Waals surface area contributed by atoms with Crippen LogP contribution in [0, 0.1) is 0 Å². The predicted octanol–water partition coefficient (Wildman–Crippen LogP) is 3.22. The molecule has 22 heavy (non-hydrogen) atoms. The van der Waals surface area contributed by atoms with E-state index in [1.165, 1.54) is 0 Å². The number of aliphatic carboxylic acids is 1. The maximum atomic E-state index is 11.8. The van der Waals surface area contributed by atoms with Crippen molar-refractivity contribution in [1.82, 2.24) is 4.90 Å². The second kappa shape index (κ2) is 11.5. The molecule has 0 spiro atoms. The smallest absolute Gasteiger partial charge is 0.306 e. The topological polar surface area (TPSA) is 66.8 Å². The van der Waals surface area contributed by atoms with Crippen molar-refractivity contribution < 1.29 is 19.4 Å². The zero-order valence-electron chi connectivity index (χ0n) is 13.9. The SMILES string of the molecule is CCN1CCC(OC(=O)CCCCCCCCC(=O)O)CC1. The van der Waals surface area contributed by atoms with Crippen LogP contribution < -0.4 is 0 Å². The molecular weight excluding hydrogens is 282 g/mol. The highest BCUT2D eigenvalue weighted by Crippen LogP contribution is 2.15. The van der Waals surface area contributed by atoms with Gasteiger partial charge in [-0.1, -0.05) is 32.6 Å². The van der Waals surface area contributed by atoms with Crippen LogP contribution in [0.2, 0.25) is 0 Å². The predicted molar refractivity (Wildman–Crippen MR) is 85.8 cm³/mol. The van der Waals surface area contributed by atoms with E-state index >= 15 is 0 Å². The Labute approximate surface area is 134 Å². The Morgan fingerprint density at radius 3 is 2.09 bits per heavy atom. The van der Waals surface area contributed by atoms with Gasteiger partial charge in [-0.15, -0.1) is 0 Å². The number of carboxylic acid groups (broad SMARTS) is 1. The van der Waals surface area contributed by atoms with E-state index in [9.17, 15) is 9.59 Å². The van der Waals surface area contributed by atoms with Crippen molar-refractivity contribution in [2.45, 2.75) is 77.2 Å². The molecule has 1 saturated heterocycles. The molecule has 1 fully saturated rings. The van der Waals surface area contributed by atoms with Gasteiger partial charge in [0.25, 0.3) is 0 Å². The van der Waals surface area contributed by atoms with E-state index < -0.39 is 5.97 Å². The number of hydrogen-bond acceptors (Lipinski definition) is 4. The Balaban J connectivity index is 1.92. The third-order valence-electron chi connectivity index (χ3n) is 4.30. The number of nitrogens with zero attached hydrogens (tertiary/aromatic N) is 1. The van der Waals surface area contributed by atoms with Gasteiger partial charge in [0, 0.05) is 25.9 Å². The Kier molecular flexibility index (Phi) is 9.87. The van der Waals surface area contributed by atoms with Crippen LogP contribution in [-0.4, -0.2) is 47.7 Å². The highest BCUT2D eigenvalue weighted by molar-refractivity contribution is 5.69. The highest BCUT2D eigenvalue weighted by atomic mass is 16.5. The molecule has 1 aliphatic heterocycles. The zero-order valence-corrected chi connectivity index (χ0v) is 13.9. The molecule has 1 rings (SSSR count). The molecule has 5 nitrogen and oxygen atoms in total. The molecule has 1 N–H and O–H groups in total. The summed E-state index contributed by atoms with van der Waals surface area (Å²) in [6, 6.07) is 0. The quantitative estimate of drug-likeness (QED) is 0.468. The lowest BCUT2D eigenvalue weighted by atomic mass is 10.1. The summed E-state index contributed by atoms with van der Waals surface area (Å²) in [6.45, 7) is 5.30. The van der Waals surface area contributed by atoms with E-state index in [-0.39, 0.29) is 18.5 Å². The normalized spacial score (nSPS) is 16.6. The summed E-state index contributed by atoms with van der Waals surface area (Å²) in [6.07, 6.45) is 8.58. The van der Waals surface area contributed by atoms with Crippen molar-refractivity contribution in [3.05, 3.63) is 0 Å². The maximum absolute atomic E-state index is 11.8. The maximum Gasteiger partial charge on any atom is 0.306 e. The number of rotatable bonds is 11. The lowest BCUT2D eigenvalue weighted by molar-refractivity contribution is -0.151. The Bertz CT molecular complexity index is 325. The molecule has 0 aromatic heterocycles. The Morgan fingerprint density at radius 1 is 1.00 bits per heavy atom. The summed E-state index contributed by atoms with van der Waals surface area (Å²) in [5.74, 6) is -0.770. The van der Waals surface area contributed by atoms with Crippen molar-refractivity contribution in [2.24, 2.45) is 0 Å². The van der Waals surface area contributed by atoms with Crippen LogP contribution >= 0.6 is 0 Å². The van der Waals surface area contributed by atoms with Gasteiger partial charge in [-0.3, -0.25) is 9.59 Å². The number of carbonyl (C=O) groups excluding carboxylic acids is 1. The molecule has 0 unspecified atom stereocenters. The monoisotopic (exact) mass is 313 g/mol. The number of carboxylic acids is 1. The van der Waals surface area contributed by atoms with E-state index in [0.29, 0.717) is 6.42 Å². The Hall–Kier alpha value is -1.10. The van der Waals surface area contributed by atoms with Crippen LogP contribution in [0.4, 0.5) is 0 Å². The van der Waals surface area contributed by atoms with Gasteiger partial charge in [0.15, 0.2) is 0 Å². The Morgan fingerprint density at radius 2 is 1.55 bits per heavy atom. The van der Waals surface area contributed by atoms with Crippen LogP contribution in [0.15, 0.2) is 0 Å². The molecule has 0 radical (unpaired) electrons. The van der Waals surface area contributed by atoms with E-state index in [0.717, 1.165) is 71.0 Å². The van der Waals surface area contributed by atoms with Gasteiger partial charge < -0.3 is 14.7 Å². The third kappa shape index (κ3) is 9.03.